The second-order valence-corrected chi connectivity index (χ2v) is 6.58. The van der Waals surface area contributed by atoms with Crippen LogP contribution < -0.4 is 24.4 Å². The van der Waals surface area contributed by atoms with Crippen LogP contribution >= 0.6 is 11.6 Å². The number of carbonyl (C=O) groups is 2. The first kappa shape index (κ1) is 19.8. The molecular weight excluding hydrogens is 384 g/mol. The third-order valence-electron chi connectivity index (χ3n) is 4.32. The van der Waals surface area contributed by atoms with Crippen molar-refractivity contribution >= 4 is 34.8 Å². The maximum atomic E-state index is 12.3. The van der Waals surface area contributed by atoms with Crippen LogP contribution in [0.1, 0.15) is 12.8 Å². The maximum absolute atomic E-state index is 12.3. The Hall–Kier alpha value is -2.93. The van der Waals surface area contributed by atoms with Crippen molar-refractivity contribution in [1.82, 2.24) is 0 Å². The van der Waals surface area contributed by atoms with Crippen molar-refractivity contribution < 1.29 is 23.8 Å². The van der Waals surface area contributed by atoms with Crippen LogP contribution in [0.3, 0.4) is 0 Å². The van der Waals surface area contributed by atoms with Gasteiger partial charge in [0.1, 0.15) is 17.2 Å². The van der Waals surface area contributed by atoms with Crippen LogP contribution in [0.4, 0.5) is 11.4 Å². The molecule has 1 fully saturated rings. The van der Waals surface area contributed by atoms with Crippen LogP contribution in [-0.4, -0.2) is 39.2 Å². The van der Waals surface area contributed by atoms with Gasteiger partial charge in [0.15, 0.2) is 6.61 Å². The highest BCUT2D eigenvalue weighted by Crippen LogP contribution is 2.35. The lowest BCUT2D eigenvalue weighted by molar-refractivity contribution is -0.118. The third-order valence-corrected chi connectivity index (χ3v) is 4.62. The topological polar surface area (TPSA) is 77.1 Å². The molecule has 1 aliphatic rings. The summed E-state index contributed by atoms with van der Waals surface area (Å²) in [6.07, 6.45) is 1.40. The van der Waals surface area contributed by atoms with Crippen molar-refractivity contribution in [3.05, 3.63) is 41.4 Å². The number of rotatable bonds is 7. The standard InChI is InChI=1S/C20H21ClN2O5/c1-26-17-11-18(27-2)16(10-15(17)21)22-19(24)12-28-14-6-3-5-13(9-14)23-8-4-7-20(23)25/h3,5-6,9-11H,4,7-8,12H2,1-2H3,(H,22,24). The van der Waals surface area contributed by atoms with E-state index < -0.39 is 0 Å². The van der Waals surface area contributed by atoms with Gasteiger partial charge in [-0.25, -0.2) is 0 Å². The molecule has 148 valence electrons. The Balaban J connectivity index is 1.63. The average molecular weight is 405 g/mol. The van der Waals surface area contributed by atoms with Crippen LogP contribution in [0.5, 0.6) is 17.2 Å². The quantitative estimate of drug-likeness (QED) is 0.764. The number of hydrogen-bond donors (Lipinski definition) is 1. The Kier molecular flexibility index (Phi) is 6.26. The number of methoxy groups -OCH3 is 2. The second-order valence-electron chi connectivity index (χ2n) is 6.17. The van der Waals surface area contributed by atoms with E-state index in [1.54, 1.807) is 35.2 Å². The van der Waals surface area contributed by atoms with Crippen molar-refractivity contribution in [3.63, 3.8) is 0 Å². The number of halogens is 1. The van der Waals surface area contributed by atoms with Gasteiger partial charge in [-0.3, -0.25) is 9.59 Å². The van der Waals surface area contributed by atoms with E-state index in [2.05, 4.69) is 5.32 Å². The summed E-state index contributed by atoms with van der Waals surface area (Å²) in [6, 6.07) is 10.3. The van der Waals surface area contributed by atoms with E-state index in [1.165, 1.54) is 14.2 Å². The molecule has 0 aromatic heterocycles. The average Bonchev–Trinajstić information content (AvgIpc) is 3.13. The van der Waals surface area contributed by atoms with Gasteiger partial charge in [-0.05, 0) is 24.6 Å². The number of amides is 2. The lowest BCUT2D eigenvalue weighted by atomic mass is 10.2. The maximum Gasteiger partial charge on any atom is 0.262 e. The summed E-state index contributed by atoms with van der Waals surface area (Å²) in [5.74, 6) is 1.10. The number of carbonyl (C=O) groups excluding carboxylic acids is 2. The molecule has 0 bridgehead atoms. The zero-order valence-electron chi connectivity index (χ0n) is 15.7. The van der Waals surface area contributed by atoms with Crippen molar-refractivity contribution in [2.24, 2.45) is 0 Å². The van der Waals surface area contributed by atoms with E-state index in [9.17, 15) is 9.59 Å². The first-order valence-corrected chi connectivity index (χ1v) is 9.14. The highest BCUT2D eigenvalue weighted by molar-refractivity contribution is 6.32. The van der Waals surface area contributed by atoms with Crippen LogP contribution in [0.2, 0.25) is 5.02 Å². The molecule has 0 saturated carbocycles. The fourth-order valence-electron chi connectivity index (χ4n) is 2.96. The number of nitrogens with one attached hydrogen (secondary N) is 1. The first-order valence-electron chi connectivity index (χ1n) is 8.76. The zero-order valence-corrected chi connectivity index (χ0v) is 16.4. The SMILES string of the molecule is COc1cc(OC)c(NC(=O)COc2cccc(N3CCCC3=O)c2)cc1Cl. The van der Waals surface area contributed by atoms with Crippen molar-refractivity contribution in [3.8, 4) is 17.2 Å². The summed E-state index contributed by atoms with van der Waals surface area (Å²) in [5.41, 5.74) is 1.18. The molecule has 2 aromatic rings. The van der Waals surface area contributed by atoms with Crippen LogP contribution in [-0.2, 0) is 9.59 Å². The van der Waals surface area contributed by atoms with Gasteiger partial charge in [0, 0.05) is 30.8 Å². The van der Waals surface area contributed by atoms with Crippen LogP contribution in [0.15, 0.2) is 36.4 Å². The van der Waals surface area contributed by atoms with Gasteiger partial charge in [0.2, 0.25) is 5.91 Å². The number of nitrogens with zero attached hydrogens (tertiary/aromatic N) is 1. The molecule has 0 aliphatic carbocycles. The lowest BCUT2D eigenvalue weighted by Gasteiger charge is -2.17. The molecule has 8 heteroatoms. The van der Waals surface area contributed by atoms with Gasteiger partial charge >= 0.3 is 0 Å². The third kappa shape index (κ3) is 4.48. The van der Waals surface area contributed by atoms with Gasteiger partial charge in [0.25, 0.3) is 5.91 Å². The van der Waals surface area contributed by atoms with Gasteiger partial charge in [-0.1, -0.05) is 17.7 Å². The summed E-state index contributed by atoms with van der Waals surface area (Å²) in [5, 5.41) is 3.06. The zero-order chi connectivity index (χ0) is 20.1. The molecule has 0 atom stereocenters. The minimum absolute atomic E-state index is 0.0957. The van der Waals surface area contributed by atoms with E-state index in [1.807, 2.05) is 6.07 Å². The Morgan fingerprint density at radius 1 is 1.18 bits per heavy atom. The van der Waals surface area contributed by atoms with Crippen LogP contribution in [0, 0.1) is 0 Å². The molecule has 7 nitrogen and oxygen atoms in total. The Morgan fingerprint density at radius 2 is 1.96 bits per heavy atom. The predicted octanol–water partition coefficient (Wildman–Crippen LogP) is 3.50. The van der Waals surface area contributed by atoms with Gasteiger partial charge in [-0.2, -0.15) is 0 Å². The molecule has 28 heavy (non-hydrogen) atoms. The summed E-state index contributed by atoms with van der Waals surface area (Å²) < 4.78 is 16.0. The minimum atomic E-state index is -0.373. The first-order chi connectivity index (χ1) is 13.5. The summed E-state index contributed by atoms with van der Waals surface area (Å²) >= 11 is 6.11. The van der Waals surface area contributed by atoms with E-state index >= 15 is 0 Å². The monoisotopic (exact) mass is 404 g/mol. The summed E-state index contributed by atoms with van der Waals surface area (Å²) in [4.78, 5) is 25.9. The van der Waals surface area contributed by atoms with E-state index in [-0.39, 0.29) is 18.4 Å². The van der Waals surface area contributed by atoms with E-state index in [4.69, 9.17) is 25.8 Å². The van der Waals surface area contributed by atoms with Gasteiger partial charge in [-0.15, -0.1) is 0 Å². The molecule has 0 radical (unpaired) electrons. The van der Waals surface area contributed by atoms with Crippen LogP contribution in [0.25, 0.3) is 0 Å². The number of ether oxygens (including phenoxy) is 3. The molecule has 1 aliphatic heterocycles. The Bertz CT molecular complexity index is 887. The molecule has 2 aromatic carbocycles. The molecule has 2 amide bonds. The number of hydrogen-bond acceptors (Lipinski definition) is 5. The minimum Gasteiger partial charge on any atom is -0.495 e. The molecule has 0 unspecified atom stereocenters. The molecular formula is C20H21ClN2O5. The highest BCUT2D eigenvalue weighted by Gasteiger charge is 2.22. The molecule has 1 heterocycles. The van der Waals surface area contributed by atoms with Crippen molar-refractivity contribution in [2.45, 2.75) is 12.8 Å². The van der Waals surface area contributed by atoms with E-state index in [0.29, 0.717) is 40.9 Å². The number of benzene rings is 2. The van der Waals surface area contributed by atoms with Crippen molar-refractivity contribution in [2.75, 3.05) is 37.6 Å². The second kappa shape index (κ2) is 8.84. The largest absolute Gasteiger partial charge is 0.495 e. The number of anilines is 2. The molecule has 1 saturated heterocycles. The Morgan fingerprint density at radius 3 is 2.64 bits per heavy atom. The molecule has 1 N–H and O–H groups in total. The fourth-order valence-corrected chi connectivity index (χ4v) is 3.20. The van der Waals surface area contributed by atoms with Crippen molar-refractivity contribution in [1.29, 1.82) is 0 Å². The van der Waals surface area contributed by atoms with E-state index in [0.717, 1.165) is 12.1 Å². The predicted molar refractivity (Wildman–Crippen MR) is 107 cm³/mol. The lowest BCUT2D eigenvalue weighted by Crippen LogP contribution is -2.24. The summed E-state index contributed by atoms with van der Waals surface area (Å²) in [6.45, 7) is 0.491. The summed E-state index contributed by atoms with van der Waals surface area (Å²) in [7, 11) is 2.98. The van der Waals surface area contributed by atoms with Gasteiger partial charge in [0.05, 0.1) is 24.9 Å². The Labute approximate surface area is 168 Å². The highest BCUT2D eigenvalue weighted by atomic mass is 35.5. The smallest absolute Gasteiger partial charge is 0.262 e. The normalized spacial score (nSPS) is 13.4. The fraction of sp³-hybridized carbons (Fsp3) is 0.300. The van der Waals surface area contributed by atoms with Gasteiger partial charge < -0.3 is 24.4 Å². The molecule has 3 rings (SSSR count). The molecule has 0 spiro atoms.